The molecule has 1 N–H and O–H groups in total. The van der Waals surface area contributed by atoms with E-state index in [9.17, 15) is 5.26 Å². The molecule has 0 spiro atoms. The third-order valence-electron chi connectivity index (χ3n) is 3.02. The summed E-state index contributed by atoms with van der Waals surface area (Å²) in [6.45, 7) is 9.31. The molecule has 15 heavy (non-hydrogen) atoms. The maximum Gasteiger partial charge on any atom is 0.106 e. The van der Waals surface area contributed by atoms with Crippen LogP contribution in [0.3, 0.4) is 0 Å². The van der Waals surface area contributed by atoms with Gasteiger partial charge in [-0.2, -0.15) is 5.26 Å². The maximum atomic E-state index is 9.20. The molecule has 3 nitrogen and oxygen atoms in total. The van der Waals surface area contributed by atoms with Gasteiger partial charge in [-0.3, -0.25) is 5.32 Å². The molecule has 0 aromatic heterocycles. The Balaban J connectivity index is 4.02. The Morgan fingerprint density at radius 1 is 1.33 bits per heavy atom. The summed E-state index contributed by atoms with van der Waals surface area (Å²) in [6.07, 6.45) is 2.91. The Labute approximate surface area is 94.5 Å². The lowest BCUT2D eigenvalue weighted by molar-refractivity contribution is 0.306. The van der Waals surface area contributed by atoms with Crippen LogP contribution in [0.4, 0.5) is 0 Å². The van der Waals surface area contributed by atoms with Gasteiger partial charge in [-0.15, -0.1) is 0 Å². The van der Waals surface area contributed by atoms with Crippen molar-refractivity contribution in [3.8, 4) is 6.07 Å². The van der Waals surface area contributed by atoms with Crippen molar-refractivity contribution in [1.82, 2.24) is 10.2 Å². The zero-order valence-electron chi connectivity index (χ0n) is 10.6. The fraction of sp³-hybridized carbons (Fsp3) is 0.917. The first-order valence-electron chi connectivity index (χ1n) is 5.99. The number of nitriles is 1. The zero-order chi connectivity index (χ0) is 11.7. The smallest absolute Gasteiger partial charge is 0.106 e. The molecule has 0 fully saturated rings. The highest BCUT2D eigenvalue weighted by molar-refractivity contribution is 5.05. The van der Waals surface area contributed by atoms with Gasteiger partial charge in [0.15, 0.2) is 0 Å². The van der Waals surface area contributed by atoms with Crippen molar-refractivity contribution in [3.05, 3.63) is 0 Å². The van der Waals surface area contributed by atoms with E-state index in [0.29, 0.717) is 0 Å². The lowest BCUT2D eigenvalue weighted by atomic mass is 9.92. The third-order valence-corrected chi connectivity index (χ3v) is 3.02. The summed E-state index contributed by atoms with van der Waals surface area (Å²) in [6, 6.07) is 2.43. The van der Waals surface area contributed by atoms with E-state index in [1.807, 2.05) is 0 Å². The lowest BCUT2D eigenvalue weighted by Gasteiger charge is -2.27. The van der Waals surface area contributed by atoms with E-state index in [-0.39, 0.29) is 5.54 Å². The van der Waals surface area contributed by atoms with Gasteiger partial charge >= 0.3 is 0 Å². The van der Waals surface area contributed by atoms with Crippen molar-refractivity contribution in [1.29, 1.82) is 5.26 Å². The number of nitrogens with one attached hydrogen (secondary N) is 1. The molecular formula is C12H25N3. The highest BCUT2D eigenvalue weighted by Crippen LogP contribution is 2.16. The Morgan fingerprint density at radius 2 is 2.00 bits per heavy atom. The minimum atomic E-state index is -0.302. The minimum Gasteiger partial charge on any atom is -0.307 e. The van der Waals surface area contributed by atoms with Gasteiger partial charge in [-0.05, 0) is 45.9 Å². The van der Waals surface area contributed by atoms with Crippen molar-refractivity contribution in [2.45, 2.75) is 45.6 Å². The fourth-order valence-electron chi connectivity index (χ4n) is 1.71. The van der Waals surface area contributed by atoms with Crippen molar-refractivity contribution in [3.63, 3.8) is 0 Å². The molecule has 0 heterocycles. The van der Waals surface area contributed by atoms with E-state index in [0.717, 1.165) is 38.9 Å². The molecular weight excluding hydrogens is 186 g/mol. The average molecular weight is 211 g/mol. The lowest BCUT2D eigenvalue weighted by Crippen LogP contribution is -2.43. The standard InChI is InChI=1S/C12H25N3/c1-5-12(11-13,14-6-2)9-8-10-15(4)7-3/h14H,5-10H2,1-4H3. The van der Waals surface area contributed by atoms with E-state index in [4.69, 9.17) is 0 Å². The SMILES string of the molecule is CCNC(C#N)(CC)CCCN(C)CC. The average Bonchev–Trinajstić information content (AvgIpc) is 2.27. The fourth-order valence-corrected chi connectivity index (χ4v) is 1.71. The highest BCUT2D eigenvalue weighted by Gasteiger charge is 2.25. The van der Waals surface area contributed by atoms with Crippen LogP contribution in [0.5, 0.6) is 0 Å². The van der Waals surface area contributed by atoms with Crippen molar-refractivity contribution in [2.75, 3.05) is 26.7 Å². The Bertz CT molecular complexity index is 198. The third kappa shape index (κ3) is 5.15. The van der Waals surface area contributed by atoms with Crippen molar-refractivity contribution >= 4 is 0 Å². The van der Waals surface area contributed by atoms with Crippen LogP contribution in [0.2, 0.25) is 0 Å². The van der Waals surface area contributed by atoms with Crippen LogP contribution in [0.1, 0.15) is 40.0 Å². The molecule has 88 valence electrons. The first-order chi connectivity index (χ1) is 7.14. The molecule has 0 aliphatic rings. The maximum absolute atomic E-state index is 9.20. The summed E-state index contributed by atoms with van der Waals surface area (Å²) in [5.41, 5.74) is -0.302. The summed E-state index contributed by atoms with van der Waals surface area (Å²) in [5.74, 6) is 0. The second-order valence-electron chi connectivity index (χ2n) is 4.08. The minimum absolute atomic E-state index is 0.302. The van der Waals surface area contributed by atoms with Crippen LogP contribution in [-0.4, -0.2) is 37.1 Å². The summed E-state index contributed by atoms with van der Waals surface area (Å²) in [7, 11) is 2.12. The summed E-state index contributed by atoms with van der Waals surface area (Å²) in [4.78, 5) is 2.28. The van der Waals surface area contributed by atoms with Gasteiger partial charge in [0.05, 0.1) is 6.07 Å². The van der Waals surface area contributed by atoms with Crippen LogP contribution < -0.4 is 5.32 Å². The van der Waals surface area contributed by atoms with E-state index in [1.165, 1.54) is 0 Å². The van der Waals surface area contributed by atoms with E-state index in [2.05, 4.69) is 44.1 Å². The highest BCUT2D eigenvalue weighted by atomic mass is 15.1. The summed E-state index contributed by atoms with van der Waals surface area (Å²) in [5, 5.41) is 12.5. The van der Waals surface area contributed by atoms with Crippen LogP contribution in [0.25, 0.3) is 0 Å². The molecule has 0 aromatic carbocycles. The predicted molar refractivity (Wildman–Crippen MR) is 64.7 cm³/mol. The molecule has 0 aliphatic carbocycles. The molecule has 0 aliphatic heterocycles. The molecule has 0 rings (SSSR count). The topological polar surface area (TPSA) is 39.1 Å². The van der Waals surface area contributed by atoms with Gasteiger partial charge in [-0.25, -0.2) is 0 Å². The van der Waals surface area contributed by atoms with Gasteiger partial charge in [0.25, 0.3) is 0 Å². The molecule has 0 saturated carbocycles. The van der Waals surface area contributed by atoms with Gasteiger partial charge < -0.3 is 4.90 Å². The Morgan fingerprint density at radius 3 is 2.40 bits per heavy atom. The molecule has 1 atom stereocenters. The van der Waals surface area contributed by atoms with E-state index in [1.54, 1.807) is 0 Å². The molecule has 1 unspecified atom stereocenters. The number of rotatable bonds is 8. The second-order valence-corrected chi connectivity index (χ2v) is 4.08. The Kier molecular flexibility index (Phi) is 7.37. The second kappa shape index (κ2) is 7.67. The monoisotopic (exact) mass is 211 g/mol. The van der Waals surface area contributed by atoms with Crippen LogP contribution in [0.15, 0.2) is 0 Å². The first-order valence-corrected chi connectivity index (χ1v) is 5.99. The molecule has 3 heteroatoms. The van der Waals surface area contributed by atoms with Crippen LogP contribution in [-0.2, 0) is 0 Å². The van der Waals surface area contributed by atoms with E-state index >= 15 is 0 Å². The van der Waals surface area contributed by atoms with Gasteiger partial charge in [0.1, 0.15) is 5.54 Å². The number of hydrogen-bond acceptors (Lipinski definition) is 3. The summed E-state index contributed by atoms with van der Waals surface area (Å²) < 4.78 is 0. The van der Waals surface area contributed by atoms with Crippen molar-refractivity contribution in [2.24, 2.45) is 0 Å². The first kappa shape index (κ1) is 14.4. The van der Waals surface area contributed by atoms with Gasteiger partial charge in [0.2, 0.25) is 0 Å². The molecule has 0 amide bonds. The molecule has 0 saturated heterocycles. The van der Waals surface area contributed by atoms with Gasteiger partial charge in [0, 0.05) is 0 Å². The largest absolute Gasteiger partial charge is 0.307 e. The van der Waals surface area contributed by atoms with E-state index < -0.39 is 0 Å². The normalized spacial score (nSPS) is 14.9. The van der Waals surface area contributed by atoms with Gasteiger partial charge in [-0.1, -0.05) is 20.8 Å². The van der Waals surface area contributed by atoms with Crippen molar-refractivity contribution < 1.29 is 0 Å². The number of nitrogens with zero attached hydrogens (tertiary/aromatic N) is 2. The van der Waals surface area contributed by atoms with Crippen LogP contribution >= 0.6 is 0 Å². The number of hydrogen-bond donors (Lipinski definition) is 1. The Hall–Kier alpha value is -0.590. The molecule has 0 radical (unpaired) electrons. The quantitative estimate of drug-likeness (QED) is 0.667. The summed E-state index contributed by atoms with van der Waals surface area (Å²) >= 11 is 0. The molecule has 0 bridgehead atoms. The molecule has 0 aromatic rings. The zero-order valence-corrected chi connectivity index (χ0v) is 10.6. The van der Waals surface area contributed by atoms with Crippen LogP contribution in [0, 0.1) is 11.3 Å². The predicted octanol–water partition coefficient (Wildman–Crippen LogP) is 2.00.